The SMILES string of the molecule is CCNC(=NCc1ccc(C)c(F)c1)NCCN(CCOC)C1CC1. The number of methoxy groups -OCH3 is 1. The van der Waals surface area contributed by atoms with E-state index in [2.05, 4.69) is 20.5 Å². The van der Waals surface area contributed by atoms with Crippen LogP contribution in [0.1, 0.15) is 30.9 Å². The first-order chi connectivity index (χ1) is 12.1. The summed E-state index contributed by atoms with van der Waals surface area (Å²) in [7, 11) is 1.74. The molecule has 0 bridgehead atoms. The second-order valence-corrected chi connectivity index (χ2v) is 6.47. The summed E-state index contributed by atoms with van der Waals surface area (Å²) in [4.78, 5) is 7.03. The smallest absolute Gasteiger partial charge is 0.191 e. The molecule has 0 amide bonds. The number of aliphatic imine (C=N–C) groups is 1. The summed E-state index contributed by atoms with van der Waals surface area (Å²) in [5, 5.41) is 6.61. The van der Waals surface area contributed by atoms with Crippen molar-refractivity contribution in [2.24, 2.45) is 4.99 Å². The van der Waals surface area contributed by atoms with Gasteiger partial charge >= 0.3 is 0 Å². The summed E-state index contributed by atoms with van der Waals surface area (Å²) in [5.41, 5.74) is 1.54. The zero-order chi connectivity index (χ0) is 18.1. The highest BCUT2D eigenvalue weighted by molar-refractivity contribution is 5.79. The molecule has 0 radical (unpaired) electrons. The molecular weight excluding hydrogens is 319 g/mol. The van der Waals surface area contributed by atoms with Crippen LogP contribution < -0.4 is 10.6 Å². The van der Waals surface area contributed by atoms with Gasteiger partial charge in [-0.2, -0.15) is 0 Å². The van der Waals surface area contributed by atoms with Crippen molar-refractivity contribution in [2.45, 2.75) is 39.3 Å². The Morgan fingerprint density at radius 3 is 2.76 bits per heavy atom. The Balaban J connectivity index is 1.83. The first kappa shape index (κ1) is 19.7. The lowest BCUT2D eigenvalue weighted by atomic mass is 10.1. The van der Waals surface area contributed by atoms with Crippen LogP contribution in [0.3, 0.4) is 0 Å². The highest BCUT2D eigenvalue weighted by Crippen LogP contribution is 2.25. The Bertz CT molecular complexity index is 560. The van der Waals surface area contributed by atoms with Gasteiger partial charge in [0.25, 0.3) is 0 Å². The number of nitrogens with zero attached hydrogens (tertiary/aromatic N) is 2. The van der Waals surface area contributed by atoms with Crippen molar-refractivity contribution in [3.05, 3.63) is 35.1 Å². The molecule has 0 heterocycles. The van der Waals surface area contributed by atoms with Gasteiger partial charge in [-0.1, -0.05) is 12.1 Å². The monoisotopic (exact) mass is 350 g/mol. The zero-order valence-electron chi connectivity index (χ0n) is 15.6. The van der Waals surface area contributed by atoms with Crippen molar-refractivity contribution in [1.82, 2.24) is 15.5 Å². The third kappa shape index (κ3) is 7.00. The van der Waals surface area contributed by atoms with E-state index in [0.29, 0.717) is 18.2 Å². The van der Waals surface area contributed by atoms with Crippen molar-refractivity contribution in [3.63, 3.8) is 0 Å². The number of ether oxygens (including phenoxy) is 1. The van der Waals surface area contributed by atoms with Crippen LogP contribution in [-0.4, -0.2) is 56.8 Å². The maximum absolute atomic E-state index is 13.6. The fraction of sp³-hybridized carbons (Fsp3) is 0.632. The molecule has 5 nitrogen and oxygen atoms in total. The minimum atomic E-state index is -0.177. The average molecular weight is 350 g/mol. The summed E-state index contributed by atoms with van der Waals surface area (Å²) in [5.74, 6) is 0.592. The van der Waals surface area contributed by atoms with E-state index in [1.807, 2.05) is 13.0 Å². The second kappa shape index (κ2) is 10.4. The van der Waals surface area contributed by atoms with E-state index >= 15 is 0 Å². The quantitative estimate of drug-likeness (QED) is 0.502. The van der Waals surface area contributed by atoms with E-state index in [1.165, 1.54) is 12.8 Å². The van der Waals surface area contributed by atoms with Gasteiger partial charge in [0.2, 0.25) is 0 Å². The molecule has 2 N–H and O–H groups in total. The molecule has 0 saturated heterocycles. The second-order valence-electron chi connectivity index (χ2n) is 6.47. The number of halogens is 1. The molecule has 0 unspecified atom stereocenters. The van der Waals surface area contributed by atoms with Gasteiger partial charge in [0, 0.05) is 39.3 Å². The molecule has 140 valence electrons. The molecule has 1 aliphatic rings. The van der Waals surface area contributed by atoms with Gasteiger partial charge in [-0.25, -0.2) is 9.38 Å². The van der Waals surface area contributed by atoms with Crippen LogP contribution in [-0.2, 0) is 11.3 Å². The first-order valence-corrected chi connectivity index (χ1v) is 9.14. The molecular formula is C19H31FN4O. The molecule has 0 aromatic heterocycles. The number of benzene rings is 1. The van der Waals surface area contributed by atoms with E-state index in [4.69, 9.17) is 4.74 Å². The molecule has 0 spiro atoms. The van der Waals surface area contributed by atoms with E-state index in [1.54, 1.807) is 26.2 Å². The standard InChI is InChI=1S/C19H31FN4O/c1-4-21-19(23-14-16-6-5-15(2)18(20)13-16)22-9-10-24(11-12-25-3)17-7-8-17/h5-6,13,17H,4,7-12,14H2,1-3H3,(H2,21,22,23). The van der Waals surface area contributed by atoms with Crippen molar-refractivity contribution in [1.29, 1.82) is 0 Å². The first-order valence-electron chi connectivity index (χ1n) is 9.14. The molecule has 1 fully saturated rings. The number of aryl methyl sites for hydroxylation is 1. The van der Waals surface area contributed by atoms with Crippen LogP contribution in [0.5, 0.6) is 0 Å². The normalized spacial score (nSPS) is 14.8. The van der Waals surface area contributed by atoms with Crippen LogP contribution in [0.25, 0.3) is 0 Å². The Morgan fingerprint density at radius 2 is 2.12 bits per heavy atom. The third-order valence-corrected chi connectivity index (χ3v) is 4.34. The Labute approximate surface area is 150 Å². The predicted molar refractivity (Wildman–Crippen MR) is 100 cm³/mol. The molecule has 1 aromatic rings. The number of nitrogens with one attached hydrogen (secondary N) is 2. The van der Waals surface area contributed by atoms with E-state index in [-0.39, 0.29) is 5.82 Å². The molecule has 0 atom stereocenters. The summed E-state index contributed by atoms with van der Waals surface area (Å²) < 4.78 is 18.8. The third-order valence-electron chi connectivity index (χ3n) is 4.34. The van der Waals surface area contributed by atoms with Gasteiger partial charge in [0.05, 0.1) is 13.2 Å². The Kier molecular flexibility index (Phi) is 8.15. The van der Waals surface area contributed by atoms with Crippen LogP contribution in [0.4, 0.5) is 4.39 Å². The topological polar surface area (TPSA) is 48.9 Å². The molecule has 1 aromatic carbocycles. The van der Waals surface area contributed by atoms with Gasteiger partial charge in [0.15, 0.2) is 5.96 Å². The van der Waals surface area contributed by atoms with Gasteiger partial charge in [-0.3, -0.25) is 4.90 Å². The summed E-state index contributed by atoms with van der Waals surface area (Å²) in [6.45, 7) is 8.60. The van der Waals surface area contributed by atoms with Gasteiger partial charge in [-0.15, -0.1) is 0 Å². The lowest BCUT2D eigenvalue weighted by molar-refractivity contribution is 0.144. The molecule has 2 rings (SSSR count). The maximum atomic E-state index is 13.6. The highest BCUT2D eigenvalue weighted by atomic mass is 19.1. The molecule has 25 heavy (non-hydrogen) atoms. The van der Waals surface area contributed by atoms with E-state index in [0.717, 1.165) is 44.3 Å². The van der Waals surface area contributed by atoms with Crippen molar-refractivity contribution < 1.29 is 9.13 Å². The Morgan fingerprint density at radius 1 is 1.32 bits per heavy atom. The molecule has 1 aliphatic carbocycles. The van der Waals surface area contributed by atoms with E-state index in [9.17, 15) is 4.39 Å². The van der Waals surface area contributed by atoms with Crippen LogP contribution in [0, 0.1) is 12.7 Å². The molecule has 1 saturated carbocycles. The number of guanidine groups is 1. The van der Waals surface area contributed by atoms with Crippen molar-refractivity contribution in [2.75, 3.05) is 39.9 Å². The van der Waals surface area contributed by atoms with Crippen molar-refractivity contribution >= 4 is 5.96 Å². The number of rotatable bonds is 10. The molecule has 6 heteroatoms. The maximum Gasteiger partial charge on any atom is 0.191 e. The summed E-state index contributed by atoms with van der Waals surface area (Å²) in [6, 6.07) is 5.99. The van der Waals surface area contributed by atoms with Crippen LogP contribution in [0.2, 0.25) is 0 Å². The van der Waals surface area contributed by atoms with Crippen LogP contribution in [0.15, 0.2) is 23.2 Å². The van der Waals surface area contributed by atoms with E-state index < -0.39 is 0 Å². The molecule has 0 aliphatic heterocycles. The minimum Gasteiger partial charge on any atom is -0.383 e. The average Bonchev–Trinajstić information content (AvgIpc) is 3.43. The van der Waals surface area contributed by atoms with Gasteiger partial charge in [0.1, 0.15) is 5.82 Å². The lowest BCUT2D eigenvalue weighted by Gasteiger charge is -2.22. The Hall–Kier alpha value is -1.66. The van der Waals surface area contributed by atoms with Crippen LogP contribution >= 0.6 is 0 Å². The highest BCUT2D eigenvalue weighted by Gasteiger charge is 2.28. The largest absolute Gasteiger partial charge is 0.383 e. The summed E-state index contributed by atoms with van der Waals surface area (Å²) in [6.07, 6.45) is 2.58. The predicted octanol–water partition coefficient (Wildman–Crippen LogP) is 2.30. The lowest BCUT2D eigenvalue weighted by Crippen LogP contribution is -2.42. The fourth-order valence-corrected chi connectivity index (χ4v) is 2.69. The summed E-state index contributed by atoms with van der Waals surface area (Å²) >= 11 is 0. The fourth-order valence-electron chi connectivity index (χ4n) is 2.69. The van der Waals surface area contributed by atoms with Gasteiger partial charge in [-0.05, 0) is 43.9 Å². The number of hydrogen-bond acceptors (Lipinski definition) is 3. The van der Waals surface area contributed by atoms with Gasteiger partial charge < -0.3 is 15.4 Å². The zero-order valence-corrected chi connectivity index (χ0v) is 15.6. The number of hydrogen-bond donors (Lipinski definition) is 2. The minimum absolute atomic E-state index is 0.177. The van der Waals surface area contributed by atoms with Crippen molar-refractivity contribution in [3.8, 4) is 0 Å².